The molecule has 3 heteroatoms. The van der Waals surface area contributed by atoms with Crippen LogP contribution in [0.15, 0.2) is 59.1 Å². The summed E-state index contributed by atoms with van der Waals surface area (Å²) >= 11 is 3.38. The summed E-state index contributed by atoms with van der Waals surface area (Å²) in [6.45, 7) is 6.28. The average Bonchev–Trinajstić information content (AvgIpc) is 2.55. The van der Waals surface area contributed by atoms with Crippen molar-refractivity contribution in [3.05, 3.63) is 70.2 Å². The third-order valence-electron chi connectivity index (χ3n) is 3.56. The Balaban J connectivity index is 2.08. The molecule has 2 aromatic rings. The molecule has 2 aromatic carbocycles. The topological polar surface area (TPSA) is 20.3 Å². The van der Waals surface area contributed by atoms with Gasteiger partial charge in [-0.2, -0.15) is 0 Å². The van der Waals surface area contributed by atoms with Gasteiger partial charge in [0.05, 0.1) is 0 Å². The second-order valence-electron chi connectivity index (χ2n) is 4.97. The van der Waals surface area contributed by atoms with Crippen molar-refractivity contribution in [2.45, 2.75) is 13.8 Å². The fourth-order valence-corrected chi connectivity index (χ4v) is 2.69. The Morgan fingerprint density at radius 3 is 2.36 bits per heavy atom. The normalized spacial score (nSPS) is 10.9. The third kappa shape index (κ3) is 4.31. The molecule has 0 aromatic heterocycles. The van der Waals surface area contributed by atoms with E-state index in [4.69, 9.17) is 0 Å². The summed E-state index contributed by atoms with van der Waals surface area (Å²) in [7, 11) is 0. The van der Waals surface area contributed by atoms with Gasteiger partial charge in [-0.3, -0.25) is 4.79 Å². The molecule has 0 heterocycles. The average molecular weight is 358 g/mol. The molecule has 0 aliphatic carbocycles. The largest absolute Gasteiger partial charge is 0.372 e. The highest BCUT2D eigenvalue weighted by Gasteiger charge is 2.03. The van der Waals surface area contributed by atoms with Crippen LogP contribution in [-0.4, -0.2) is 18.9 Å². The second-order valence-corrected chi connectivity index (χ2v) is 5.89. The van der Waals surface area contributed by atoms with E-state index >= 15 is 0 Å². The number of carbonyl (C=O) groups is 1. The van der Waals surface area contributed by atoms with Crippen molar-refractivity contribution < 1.29 is 4.79 Å². The maximum atomic E-state index is 12.1. The number of hydrogen-bond donors (Lipinski definition) is 0. The lowest BCUT2D eigenvalue weighted by molar-refractivity contribution is 0.104. The Kier molecular flexibility index (Phi) is 5.96. The van der Waals surface area contributed by atoms with Crippen molar-refractivity contribution in [2.24, 2.45) is 0 Å². The summed E-state index contributed by atoms with van der Waals surface area (Å²) in [6.07, 6.45) is 3.48. The van der Waals surface area contributed by atoms with Gasteiger partial charge in [-0.25, -0.2) is 0 Å². The number of benzene rings is 2. The van der Waals surface area contributed by atoms with Crippen LogP contribution < -0.4 is 4.90 Å². The molecule has 0 bridgehead atoms. The molecule has 0 aliphatic rings. The molecule has 0 radical (unpaired) electrons. The van der Waals surface area contributed by atoms with Gasteiger partial charge in [0.2, 0.25) is 0 Å². The SMILES string of the molecule is CCN(CC)c1ccc(C=CC(=O)c2cccc(Br)c2)cc1. The Labute approximate surface area is 140 Å². The van der Waals surface area contributed by atoms with Crippen LogP contribution in [-0.2, 0) is 0 Å². The van der Waals surface area contributed by atoms with Gasteiger partial charge >= 0.3 is 0 Å². The Hall–Kier alpha value is -1.87. The smallest absolute Gasteiger partial charge is 0.185 e. The molecule has 0 N–H and O–H groups in total. The zero-order chi connectivity index (χ0) is 15.9. The molecule has 114 valence electrons. The summed E-state index contributed by atoms with van der Waals surface area (Å²) in [4.78, 5) is 14.4. The van der Waals surface area contributed by atoms with Gasteiger partial charge in [0.25, 0.3) is 0 Å². The molecule has 0 aliphatic heterocycles. The molecule has 0 spiro atoms. The lowest BCUT2D eigenvalue weighted by atomic mass is 10.1. The number of anilines is 1. The van der Waals surface area contributed by atoms with Crippen LogP contribution in [0.2, 0.25) is 0 Å². The maximum Gasteiger partial charge on any atom is 0.185 e. The monoisotopic (exact) mass is 357 g/mol. The van der Waals surface area contributed by atoms with Crippen LogP contribution in [0.5, 0.6) is 0 Å². The van der Waals surface area contributed by atoms with E-state index in [-0.39, 0.29) is 5.78 Å². The maximum absolute atomic E-state index is 12.1. The van der Waals surface area contributed by atoms with Crippen molar-refractivity contribution in [3.8, 4) is 0 Å². The van der Waals surface area contributed by atoms with Crippen LogP contribution in [0, 0.1) is 0 Å². The summed E-state index contributed by atoms with van der Waals surface area (Å²) in [6, 6.07) is 15.7. The minimum Gasteiger partial charge on any atom is -0.372 e. The summed E-state index contributed by atoms with van der Waals surface area (Å²) in [5, 5.41) is 0. The van der Waals surface area contributed by atoms with Gasteiger partial charge < -0.3 is 4.90 Å². The number of ketones is 1. The van der Waals surface area contributed by atoms with Crippen LogP contribution in [0.4, 0.5) is 5.69 Å². The Morgan fingerprint density at radius 2 is 1.77 bits per heavy atom. The minimum atomic E-state index is 0.00844. The fraction of sp³-hybridized carbons (Fsp3) is 0.211. The van der Waals surface area contributed by atoms with Crippen LogP contribution in [0.1, 0.15) is 29.8 Å². The Morgan fingerprint density at radius 1 is 1.09 bits per heavy atom. The lowest BCUT2D eigenvalue weighted by Gasteiger charge is -2.20. The van der Waals surface area contributed by atoms with E-state index in [0.717, 1.165) is 23.1 Å². The number of allylic oxidation sites excluding steroid dienone is 1. The molecule has 22 heavy (non-hydrogen) atoms. The first-order valence-electron chi connectivity index (χ1n) is 7.47. The van der Waals surface area contributed by atoms with Gasteiger partial charge in [0.15, 0.2) is 5.78 Å². The molecule has 2 nitrogen and oxygen atoms in total. The molecule has 0 amide bonds. The molecule has 0 atom stereocenters. The zero-order valence-electron chi connectivity index (χ0n) is 12.9. The predicted molar refractivity (Wildman–Crippen MR) is 97.5 cm³/mol. The second kappa shape index (κ2) is 7.95. The molecule has 0 fully saturated rings. The van der Waals surface area contributed by atoms with E-state index in [1.807, 2.05) is 42.5 Å². The van der Waals surface area contributed by atoms with Crippen molar-refractivity contribution >= 4 is 33.5 Å². The first kappa shape index (κ1) is 16.5. The van der Waals surface area contributed by atoms with Crippen LogP contribution >= 0.6 is 15.9 Å². The van der Waals surface area contributed by atoms with E-state index < -0.39 is 0 Å². The van der Waals surface area contributed by atoms with E-state index in [2.05, 4.69) is 46.8 Å². The molecule has 0 saturated carbocycles. The van der Waals surface area contributed by atoms with Crippen molar-refractivity contribution in [3.63, 3.8) is 0 Å². The van der Waals surface area contributed by atoms with E-state index in [1.165, 1.54) is 5.69 Å². The highest BCUT2D eigenvalue weighted by atomic mass is 79.9. The number of nitrogens with zero attached hydrogens (tertiary/aromatic N) is 1. The summed E-state index contributed by atoms with van der Waals surface area (Å²) < 4.78 is 0.912. The van der Waals surface area contributed by atoms with E-state index in [9.17, 15) is 4.79 Å². The van der Waals surface area contributed by atoms with Gasteiger partial charge in [-0.15, -0.1) is 0 Å². The minimum absolute atomic E-state index is 0.00844. The van der Waals surface area contributed by atoms with Gasteiger partial charge in [0, 0.05) is 28.8 Å². The molecular weight excluding hydrogens is 338 g/mol. The summed E-state index contributed by atoms with van der Waals surface area (Å²) in [5.41, 5.74) is 2.92. The number of rotatable bonds is 6. The number of halogens is 1. The van der Waals surface area contributed by atoms with Crippen LogP contribution in [0.25, 0.3) is 6.08 Å². The summed E-state index contributed by atoms with van der Waals surface area (Å²) in [5.74, 6) is 0.00844. The van der Waals surface area contributed by atoms with Crippen molar-refractivity contribution in [1.82, 2.24) is 0 Å². The van der Waals surface area contributed by atoms with E-state index in [1.54, 1.807) is 6.08 Å². The Bertz CT molecular complexity index is 657. The molecule has 2 rings (SSSR count). The highest BCUT2D eigenvalue weighted by molar-refractivity contribution is 9.10. The standard InChI is InChI=1S/C19H20BrNO/c1-3-21(4-2)18-11-8-15(9-12-18)10-13-19(22)16-6-5-7-17(20)14-16/h5-14H,3-4H2,1-2H3. The number of hydrogen-bond acceptors (Lipinski definition) is 2. The molecular formula is C19H20BrNO. The van der Waals surface area contributed by atoms with Gasteiger partial charge in [-0.05, 0) is 49.8 Å². The van der Waals surface area contributed by atoms with Gasteiger partial charge in [-0.1, -0.05) is 46.3 Å². The lowest BCUT2D eigenvalue weighted by Crippen LogP contribution is -2.21. The highest BCUT2D eigenvalue weighted by Crippen LogP contribution is 2.16. The third-order valence-corrected chi connectivity index (χ3v) is 4.05. The van der Waals surface area contributed by atoms with Crippen LogP contribution in [0.3, 0.4) is 0 Å². The van der Waals surface area contributed by atoms with Crippen molar-refractivity contribution in [1.29, 1.82) is 0 Å². The quantitative estimate of drug-likeness (QED) is 0.523. The van der Waals surface area contributed by atoms with Gasteiger partial charge in [0.1, 0.15) is 0 Å². The first-order chi connectivity index (χ1) is 10.6. The zero-order valence-corrected chi connectivity index (χ0v) is 14.5. The number of carbonyl (C=O) groups excluding carboxylic acids is 1. The van der Waals surface area contributed by atoms with Crippen molar-refractivity contribution in [2.75, 3.05) is 18.0 Å². The van der Waals surface area contributed by atoms with E-state index in [0.29, 0.717) is 5.56 Å². The fourth-order valence-electron chi connectivity index (χ4n) is 2.29. The molecule has 0 saturated heterocycles. The predicted octanol–water partition coefficient (Wildman–Crippen LogP) is 5.19. The molecule has 0 unspecified atom stereocenters. The first-order valence-corrected chi connectivity index (χ1v) is 8.26.